The van der Waals surface area contributed by atoms with Gasteiger partial charge < -0.3 is 10.6 Å². The number of nitrogens with zero attached hydrogens (tertiary/aromatic N) is 1. The van der Waals surface area contributed by atoms with E-state index in [1.165, 1.54) is 24.8 Å². The fourth-order valence-electron chi connectivity index (χ4n) is 2.17. The average Bonchev–Trinajstić information content (AvgIpc) is 2.32. The second-order valence-corrected chi connectivity index (χ2v) is 4.76. The summed E-state index contributed by atoms with van der Waals surface area (Å²) in [6.07, 6.45) is 3.81. The zero-order valence-corrected chi connectivity index (χ0v) is 11.4. The number of nitrogens with two attached hydrogens (primary N) is 1. The molecule has 0 heterocycles. The molecule has 0 bridgehead atoms. The van der Waals surface area contributed by atoms with Crippen LogP contribution in [0.3, 0.4) is 0 Å². The molecule has 2 N–H and O–H groups in total. The molecule has 0 aromatic heterocycles. The number of carbonyl (C=O) groups is 1. The fraction of sp³-hybridized carbons (Fsp3) is 0.500. The lowest BCUT2D eigenvalue weighted by molar-refractivity contribution is -0.131. The Bertz CT molecular complexity index is 365. The van der Waals surface area contributed by atoms with E-state index in [0.29, 0.717) is 12.5 Å². The maximum Gasteiger partial charge on any atom is 0.236 e. The highest BCUT2D eigenvalue weighted by Gasteiger charge is 2.22. The van der Waals surface area contributed by atoms with Gasteiger partial charge in [0, 0.05) is 13.1 Å². The van der Waals surface area contributed by atoms with Gasteiger partial charge >= 0.3 is 0 Å². The van der Waals surface area contributed by atoms with Crippen LogP contribution in [0.5, 0.6) is 0 Å². The van der Waals surface area contributed by atoms with Crippen molar-refractivity contribution in [1.82, 2.24) is 4.90 Å². The summed E-state index contributed by atoms with van der Waals surface area (Å²) in [5.41, 5.74) is 6.65. The molecule has 1 aromatic rings. The lowest BCUT2D eigenvalue weighted by atomic mass is 9.85. The maximum atomic E-state index is 11.8. The Balaban J connectivity index is 0.00000162. The summed E-state index contributed by atoms with van der Waals surface area (Å²) in [4.78, 5) is 13.7. The van der Waals surface area contributed by atoms with Crippen molar-refractivity contribution in [2.75, 3.05) is 13.1 Å². The van der Waals surface area contributed by atoms with E-state index >= 15 is 0 Å². The number of hydrogen-bond acceptors (Lipinski definition) is 2. The number of halogens is 1. The Morgan fingerprint density at radius 1 is 1.28 bits per heavy atom. The van der Waals surface area contributed by atoms with E-state index in [9.17, 15) is 4.79 Å². The van der Waals surface area contributed by atoms with Gasteiger partial charge in [-0.05, 0) is 24.3 Å². The molecule has 1 amide bonds. The number of carbonyl (C=O) groups excluding carboxylic acids is 1. The van der Waals surface area contributed by atoms with Gasteiger partial charge in [0.05, 0.1) is 6.54 Å². The summed E-state index contributed by atoms with van der Waals surface area (Å²) in [6.45, 7) is 1.66. The molecule has 0 spiro atoms. The van der Waals surface area contributed by atoms with Gasteiger partial charge in [-0.1, -0.05) is 36.8 Å². The first-order valence-corrected chi connectivity index (χ1v) is 6.31. The molecule has 1 aliphatic carbocycles. The van der Waals surface area contributed by atoms with Gasteiger partial charge in [0.25, 0.3) is 0 Å². The molecule has 1 fully saturated rings. The van der Waals surface area contributed by atoms with Crippen molar-refractivity contribution in [1.29, 1.82) is 0 Å². The molecule has 4 heteroatoms. The van der Waals surface area contributed by atoms with Gasteiger partial charge in [-0.3, -0.25) is 4.79 Å². The first kappa shape index (κ1) is 15.0. The van der Waals surface area contributed by atoms with Gasteiger partial charge in [0.2, 0.25) is 5.91 Å². The zero-order valence-electron chi connectivity index (χ0n) is 10.5. The predicted octanol–water partition coefficient (Wildman–Crippen LogP) is 2.20. The second-order valence-electron chi connectivity index (χ2n) is 4.76. The molecule has 0 saturated heterocycles. The van der Waals surface area contributed by atoms with Crippen LogP contribution in [0.15, 0.2) is 30.3 Å². The second kappa shape index (κ2) is 7.39. The monoisotopic (exact) mass is 268 g/mol. The van der Waals surface area contributed by atoms with Crippen molar-refractivity contribution in [3.63, 3.8) is 0 Å². The highest BCUT2D eigenvalue weighted by atomic mass is 35.5. The SMILES string of the molecule is Cl.NCC(=O)N(Cc1ccccc1)CC1CCC1. The van der Waals surface area contributed by atoms with Crippen molar-refractivity contribution in [3.05, 3.63) is 35.9 Å². The van der Waals surface area contributed by atoms with Crippen molar-refractivity contribution < 1.29 is 4.79 Å². The normalized spacial score (nSPS) is 14.5. The van der Waals surface area contributed by atoms with Crippen LogP contribution in [0.2, 0.25) is 0 Å². The third kappa shape index (κ3) is 4.00. The first-order chi connectivity index (χ1) is 8.29. The summed E-state index contributed by atoms with van der Waals surface area (Å²) < 4.78 is 0. The summed E-state index contributed by atoms with van der Waals surface area (Å²) in [5.74, 6) is 0.745. The Labute approximate surface area is 115 Å². The lowest BCUT2D eigenvalue weighted by Crippen LogP contribution is -2.40. The summed E-state index contributed by atoms with van der Waals surface area (Å²) in [5, 5.41) is 0. The van der Waals surface area contributed by atoms with Crippen LogP contribution in [0, 0.1) is 5.92 Å². The standard InChI is InChI=1S/C14H20N2O.ClH/c15-9-14(17)16(11-13-7-4-8-13)10-12-5-2-1-3-6-12;/h1-3,5-6,13H,4,7-11,15H2;1H. The highest BCUT2D eigenvalue weighted by molar-refractivity contribution is 5.85. The molecule has 3 nitrogen and oxygen atoms in total. The summed E-state index contributed by atoms with van der Waals surface area (Å²) in [6, 6.07) is 10.1. The van der Waals surface area contributed by atoms with Crippen molar-refractivity contribution in [2.24, 2.45) is 11.7 Å². The van der Waals surface area contributed by atoms with Crippen LogP contribution in [-0.2, 0) is 11.3 Å². The van der Waals surface area contributed by atoms with Gasteiger partial charge in [0.1, 0.15) is 0 Å². The van der Waals surface area contributed by atoms with E-state index in [1.807, 2.05) is 23.1 Å². The minimum Gasteiger partial charge on any atom is -0.337 e. The minimum absolute atomic E-state index is 0. The van der Waals surface area contributed by atoms with E-state index in [-0.39, 0.29) is 24.9 Å². The quantitative estimate of drug-likeness (QED) is 0.890. The molecular formula is C14H21ClN2O. The first-order valence-electron chi connectivity index (χ1n) is 6.31. The van der Waals surface area contributed by atoms with Crippen LogP contribution < -0.4 is 5.73 Å². The summed E-state index contributed by atoms with van der Waals surface area (Å²) in [7, 11) is 0. The van der Waals surface area contributed by atoms with E-state index in [0.717, 1.165) is 6.54 Å². The van der Waals surface area contributed by atoms with Gasteiger partial charge in [-0.25, -0.2) is 0 Å². The van der Waals surface area contributed by atoms with Crippen LogP contribution in [0.25, 0.3) is 0 Å². The largest absolute Gasteiger partial charge is 0.337 e. The molecule has 1 aromatic carbocycles. The van der Waals surface area contributed by atoms with Crippen LogP contribution in [0.1, 0.15) is 24.8 Å². The Morgan fingerprint density at radius 2 is 1.94 bits per heavy atom. The molecule has 0 unspecified atom stereocenters. The van der Waals surface area contributed by atoms with Crippen LogP contribution in [-0.4, -0.2) is 23.9 Å². The van der Waals surface area contributed by atoms with E-state index < -0.39 is 0 Å². The molecule has 2 rings (SSSR count). The molecule has 18 heavy (non-hydrogen) atoms. The van der Waals surface area contributed by atoms with E-state index in [1.54, 1.807) is 0 Å². The molecule has 1 saturated carbocycles. The molecule has 100 valence electrons. The number of benzene rings is 1. The van der Waals surface area contributed by atoms with Crippen molar-refractivity contribution in [2.45, 2.75) is 25.8 Å². The van der Waals surface area contributed by atoms with Gasteiger partial charge in [-0.2, -0.15) is 0 Å². The topological polar surface area (TPSA) is 46.3 Å². The lowest BCUT2D eigenvalue weighted by Gasteiger charge is -2.32. The Morgan fingerprint density at radius 3 is 2.44 bits per heavy atom. The highest BCUT2D eigenvalue weighted by Crippen LogP contribution is 2.27. The zero-order chi connectivity index (χ0) is 12.1. The van der Waals surface area contributed by atoms with E-state index in [4.69, 9.17) is 5.73 Å². The number of rotatable bonds is 5. The molecular weight excluding hydrogens is 248 g/mol. The summed E-state index contributed by atoms with van der Waals surface area (Å²) >= 11 is 0. The third-order valence-electron chi connectivity index (χ3n) is 3.45. The smallest absolute Gasteiger partial charge is 0.236 e. The molecule has 0 atom stereocenters. The predicted molar refractivity (Wildman–Crippen MR) is 75.5 cm³/mol. The van der Waals surface area contributed by atoms with Crippen molar-refractivity contribution in [3.8, 4) is 0 Å². The average molecular weight is 269 g/mol. The molecule has 1 aliphatic rings. The maximum absolute atomic E-state index is 11.8. The van der Waals surface area contributed by atoms with Crippen LogP contribution >= 0.6 is 12.4 Å². The molecule has 0 aliphatic heterocycles. The number of amides is 1. The fourth-order valence-corrected chi connectivity index (χ4v) is 2.17. The van der Waals surface area contributed by atoms with Gasteiger partial charge in [0.15, 0.2) is 0 Å². The van der Waals surface area contributed by atoms with Crippen LogP contribution in [0.4, 0.5) is 0 Å². The van der Waals surface area contributed by atoms with Crippen molar-refractivity contribution >= 4 is 18.3 Å². The Kier molecular flexibility index (Phi) is 6.16. The Hall–Kier alpha value is -1.06. The third-order valence-corrected chi connectivity index (χ3v) is 3.45. The van der Waals surface area contributed by atoms with E-state index in [2.05, 4.69) is 12.1 Å². The number of hydrogen-bond donors (Lipinski definition) is 1. The van der Waals surface area contributed by atoms with Gasteiger partial charge in [-0.15, -0.1) is 12.4 Å². The molecule has 0 radical (unpaired) electrons. The minimum atomic E-state index is 0.